The van der Waals surface area contributed by atoms with Crippen LogP contribution in [0.1, 0.15) is 24.8 Å². The van der Waals surface area contributed by atoms with Crippen molar-refractivity contribution in [3.05, 3.63) is 48.0 Å². The van der Waals surface area contributed by atoms with E-state index in [1.165, 1.54) is 0 Å². The highest BCUT2D eigenvalue weighted by Gasteiger charge is 2.27. The van der Waals surface area contributed by atoms with Crippen LogP contribution in [0.15, 0.2) is 46.9 Å². The molecular formula is C24H26N4O4. The minimum atomic E-state index is -0.0111. The molecule has 8 nitrogen and oxygen atoms in total. The van der Waals surface area contributed by atoms with E-state index in [1.54, 1.807) is 0 Å². The number of piperidine rings is 1. The summed E-state index contributed by atoms with van der Waals surface area (Å²) in [6.45, 7) is 2.34. The van der Waals surface area contributed by atoms with Gasteiger partial charge in [-0.05, 0) is 55.2 Å². The SMILES string of the molecule is O=C1CCc2cc(OCCNC(=O)C3CCN(c4nc5ccccc5o4)CC3)ccc2N1. The average Bonchev–Trinajstić information content (AvgIpc) is 3.26. The Balaban J connectivity index is 1.05. The van der Waals surface area contributed by atoms with E-state index in [9.17, 15) is 9.59 Å². The molecule has 0 saturated carbocycles. The van der Waals surface area contributed by atoms with E-state index >= 15 is 0 Å². The van der Waals surface area contributed by atoms with E-state index in [0.29, 0.717) is 25.6 Å². The van der Waals surface area contributed by atoms with Crippen LogP contribution < -0.4 is 20.3 Å². The highest BCUT2D eigenvalue weighted by molar-refractivity contribution is 5.94. The summed E-state index contributed by atoms with van der Waals surface area (Å²) in [6, 6.07) is 14.0. The van der Waals surface area contributed by atoms with Gasteiger partial charge in [0.25, 0.3) is 6.01 Å². The van der Waals surface area contributed by atoms with Gasteiger partial charge in [-0.25, -0.2) is 0 Å². The zero-order valence-corrected chi connectivity index (χ0v) is 17.8. The van der Waals surface area contributed by atoms with Crippen molar-refractivity contribution in [3.8, 4) is 5.75 Å². The second kappa shape index (κ2) is 8.90. The standard InChI is InChI=1S/C24H26N4O4/c29-22-8-5-17-15-18(6-7-19(17)26-22)31-14-11-25-23(30)16-9-12-28(13-10-16)24-27-20-3-1-2-4-21(20)32-24/h1-4,6-7,15-16H,5,8-14H2,(H,25,30)(H,26,29). The smallest absolute Gasteiger partial charge is 0.298 e. The maximum atomic E-state index is 12.6. The molecule has 0 bridgehead atoms. The van der Waals surface area contributed by atoms with Crippen LogP contribution in [-0.4, -0.2) is 43.0 Å². The number of anilines is 2. The minimum Gasteiger partial charge on any atom is -0.492 e. The normalized spacial score (nSPS) is 16.5. The van der Waals surface area contributed by atoms with Gasteiger partial charge < -0.3 is 24.7 Å². The number of nitrogens with zero attached hydrogens (tertiary/aromatic N) is 2. The summed E-state index contributed by atoms with van der Waals surface area (Å²) in [5.41, 5.74) is 3.57. The van der Waals surface area contributed by atoms with Crippen molar-refractivity contribution in [2.24, 2.45) is 5.92 Å². The van der Waals surface area contributed by atoms with Gasteiger partial charge in [-0.1, -0.05) is 12.1 Å². The van der Waals surface area contributed by atoms with Crippen LogP contribution in [0.25, 0.3) is 11.1 Å². The van der Waals surface area contributed by atoms with Crippen LogP contribution in [0.2, 0.25) is 0 Å². The molecule has 2 N–H and O–H groups in total. The van der Waals surface area contributed by atoms with E-state index < -0.39 is 0 Å². The third kappa shape index (κ3) is 4.39. The minimum absolute atomic E-state index is 0.0111. The fourth-order valence-corrected chi connectivity index (χ4v) is 4.27. The number of hydrogen-bond donors (Lipinski definition) is 2. The number of fused-ring (bicyclic) bond motifs is 2. The molecule has 166 valence electrons. The molecule has 1 aromatic heterocycles. The largest absolute Gasteiger partial charge is 0.492 e. The van der Waals surface area contributed by atoms with Gasteiger partial charge in [0, 0.05) is 31.1 Å². The Morgan fingerprint density at radius 1 is 1.19 bits per heavy atom. The number of nitrogens with one attached hydrogen (secondary N) is 2. The van der Waals surface area contributed by atoms with Crippen molar-refractivity contribution >= 4 is 34.6 Å². The maximum absolute atomic E-state index is 12.6. The first-order chi connectivity index (χ1) is 15.7. The molecule has 0 spiro atoms. The van der Waals surface area contributed by atoms with Crippen LogP contribution in [-0.2, 0) is 16.0 Å². The lowest BCUT2D eigenvalue weighted by molar-refractivity contribution is -0.125. The molecule has 1 fully saturated rings. The Kier molecular flexibility index (Phi) is 5.66. The Bertz CT molecular complexity index is 1100. The van der Waals surface area contributed by atoms with Crippen molar-refractivity contribution in [2.75, 3.05) is 36.5 Å². The number of aryl methyl sites for hydroxylation is 1. The van der Waals surface area contributed by atoms with E-state index in [1.807, 2.05) is 42.5 Å². The molecule has 8 heteroatoms. The molecule has 3 heterocycles. The van der Waals surface area contributed by atoms with Gasteiger partial charge in [-0.2, -0.15) is 4.98 Å². The Morgan fingerprint density at radius 2 is 2.03 bits per heavy atom. The highest BCUT2D eigenvalue weighted by Crippen LogP contribution is 2.27. The van der Waals surface area contributed by atoms with Gasteiger partial charge in [0.05, 0.1) is 6.54 Å². The van der Waals surface area contributed by atoms with E-state index in [-0.39, 0.29) is 17.7 Å². The van der Waals surface area contributed by atoms with Crippen LogP contribution in [0.5, 0.6) is 5.75 Å². The summed E-state index contributed by atoms with van der Waals surface area (Å²) in [6.07, 6.45) is 2.75. The van der Waals surface area contributed by atoms with Crippen molar-refractivity contribution in [2.45, 2.75) is 25.7 Å². The summed E-state index contributed by atoms with van der Waals surface area (Å²) >= 11 is 0. The van der Waals surface area contributed by atoms with Crippen LogP contribution in [0, 0.1) is 5.92 Å². The first-order valence-electron chi connectivity index (χ1n) is 11.1. The molecular weight excluding hydrogens is 408 g/mol. The van der Waals surface area contributed by atoms with Gasteiger partial charge in [-0.3, -0.25) is 9.59 Å². The predicted octanol–water partition coefficient (Wildman–Crippen LogP) is 3.12. The molecule has 2 aliphatic heterocycles. The second-order valence-electron chi connectivity index (χ2n) is 8.23. The Labute approximate surface area is 185 Å². The zero-order chi connectivity index (χ0) is 21.9. The Hall–Kier alpha value is -3.55. The second-order valence-corrected chi connectivity index (χ2v) is 8.23. The quantitative estimate of drug-likeness (QED) is 0.579. The number of ether oxygens (including phenoxy) is 1. The summed E-state index contributed by atoms with van der Waals surface area (Å²) in [5.74, 6) is 0.858. The van der Waals surface area contributed by atoms with Crippen LogP contribution >= 0.6 is 0 Å². The van der Waals surface area contributed by atoms with Gasteiger partial charge in [0.1, 0.15) is 17.9 Å². The van der Waals surface area contributed by atoms with Crippen molar-refractivity contribution in [1.29, 1.82) is 0 Å². The van der Waals surface area contributed by atoms with Gasteiger partial charge in [0.15, 0.2) is 5.58 Å². The summed E-state index contributed by atoms with van der Waals surface area (Å²) in [7, 11) is 0. The van der Waals surface area contributed by atoms with Crippen molar-refractivity contribution in [1.82, 2.24) is 10.3 Å². The van der Waals surface area contributed by atoms with Crippen LogP contribution in [0.4, 0.5) is 11.7 Å². The molecule has 2 amide bonds. The van der Waals surface area contributed by atoms with Crippen LogP contribution in [0.3, 0.4) is 0 Å². The molecule has 0 atom stereocenters. The molecule has 2 aliphatic rings. The average molecular weight is 434 g/mol. The molecule has 0 aliphatic carbocycles. The third-order valence-electron chi connectivity index (χ3n) is 6.06. The highest BCUT2D eigenvalue weighted by atomic mass is 16.5. The van der Waals surface area contributed by atoms with Gasteiger partial charge in [-0.15, -0.1) is 0 Å². The first-order valence-corrected chi connectivity index (χ1v) is 11.1. The number of carbonyl (C=O) groups excluding carboxylic acids is 2. The number of amides is 2. The lowest BCUT2D eigenvalue weighted by Gasteiger charge is -2.30. The molecule has 0 radical (unpaired) electrons. The Morgan fingerprint density at radius 3 is 2.88 bits per heavy atom. The monoisotopic (exact) mass is 434 g/mol. The lowest BCUT2D eigenvalue weighted by atomic mass is 9.96. The molecule has 2 aromatic carbocycles. The summed E-state index contributed by atoms with van der Waals surface area (Å²) < 4.78 is 11.6. The number of hydrogen-bond acceptors (Lipinski definition) is 6. The predicted molar refractivity (Wildman–Crippen MR) is 121 cm³/mol. The first kappa shape index (κ1) is 20.4. The number of para-hydroxylation sites is 2. The molecule has 3 aromatic rings. The number of rotatable bonds is 6. The topological polar surface area (TPSA) is 96.7 Å². The number of oxazole rings is 1. The maximum Gasteiger partial charge on any atom is 0.298 e. The number of aromatic nitrogens is 1. The fourth-order valence-electron chi connectivity index (χ4n) is 4.27. The lowest BCUT2D eigenvalue weighted by Crippen LogP contribution is -2.41. The third-order valence-corrected chi connectivity index (χ3v) is 6.06. The van der Waals surface area contributed by atoms with E-state index in [4.69, 9.17) is 9.15 Å². The molecule has 32 heavy (non-hydrogen) atoms. The van der Waals surface area contributed by atoms with Gasteiger partial charge >= 0.3 is 0 Å². The molecule has 5 rings (SSSR count). The number of benzene rings is 2. The van der Waals surface area contributed by atoms with E-state index in [2.05, 4.69) is 20.5 Å². The van der Waals surface area contributed by atoms with Crippen molar-refractivity contribution in [3.63, 3.8) is 0 Å². The van der Waals surface area contributed by atoms with E-state index in [0.717, 1.165) is 60.5 Å². The van der Waals surface area contributed by atoms with Gasteiger partial charge in [0.2, 0.25) is 11.8 Å². The summed E-state index contributed by atoms with van der Waals surface area (Å²) in [4.78, 5) is 30.7. The van der Waals surface area contributed by atoms with Crippen molar-refractivity contribution < 1.29 is 18.7 Å². The summed E-state index contributed by atoms with van der Waals surface area (Å²) in [5, 5.41) is 5.85. The fraction of sp³-hybridized carbons (Fsp3) is 0.375. The number of carbonyl (C=O) groups is 2. The zero-order valence-electron chi connectivity index (χ0n) is 17.8. The molecule has 1 saturated heterocycles. The molecule has 0 unspecified atom stereocenters.